The quantitative estimate of drug-likeness (QED) is 0.445. The van der Waals surface area contributed by atoms with Gasteiger partial charge in [0.25, 0.3) is 5.91 Å². The molecule has 13 heteroatoms. The number of halogens is 2. The monoisotopic (exact) mass is 527 g/mol. The average Bonchev–Trinajstić information content (AvgIpc) is 3.59. The zero-order chi connectivity index (χ0) is 26.5. The second kappa shape index (κ2) is 11.2. The molecule has 4 rings (SSSR count). The van der Waals surface area contributed by atoms with Gasteiger partial charge >= 0.3 is 5.97 Å². The van der Waals surface area contributed by atoms with E-state index in [4.69, 9.17) is 16.3 Å². The first-order valence-electron chi connectivity index (χ1n) is 11.4. The topological polar surface area (TPSA) is 132 Å². The summed E-state index contributed by atoms with van der Waals surface area (Å²) >= 11 is 6.14. The van der Waals surface area contributed by atoms with E-state index in [1.54, 1.807) is 32.0 Å². The van der Waals surface area contributed by atoms with E-state index in [0.717, 1.165) is 17.1 Å². The normalized spacial score (nSPS) is 15.6. The van der Waals surface area contributed by atoms with Gasteiger partial charge in [-0.25, -0.2) is 14.1 Å². The number of carbonyl (C=O) groups excluding carboxylic acids is 3. The fraction of sp³-hybridized carbons (Fsp3) is 0.292. The molecule has 0 radical (unpaired) electrons. The minimum atomic E-state index is -1.40. The summed E-state index contributed by atoms with van der Waals surface area (Å²) in [5, 5.41) is 19.4. The maximum atomic E-state index is 13.5. The third-order valence-corrected chi connectivity index (χ3v) is 5.79. The van der Waals surface area contributed by atoms with E-state index in [1.165, 1.54) is 29.4 Å². The maximum Gasteiger partial charge on any atom is 0.309 e. The lowest BCUT2D eigenvalue weighted by Crippen LogP contribution is -2.46. The van der Waals surface area contributed by atoms with Crippen molar-refractivity contribution in [3.8, 4) is 5.69 Å². The number of nitrogens with zero attached hydrogens (tertiary/aromatic N) is 6. The molecule has 37 heavy (non-hydrogen) atoms. The molecule has 0 saturated carbocycles. The average molecular weight is 528 g/mol. The van der Waals surface area contributed by atoms with Gasteiger partial charge in [-0.1, -0.05) is 37.6 Å². The van der Waals surface area contributed by atoms with Crippen molar-refractivity contribution >= 4 is 35.6 Å². The van der Waals surface area contributed by atoms with Crippen molar-refractivity contribution in [2.45, 2.75) is 39.0 Å². The number of hydrazone groups is 1. The van der Waals surface area contributed by atoms with Crippen LogP contribution in [0.2, 0.25) is 5.02 Å². The summed E-state index contributed by atoms with van der Waals surface area (Å²) < 4.78 is 20.4. The van der Waals surface area contributed by atoms with Gasteiger partial charge in [0.05, 0.1) is 11.6 Å². The number of ether oxygens (including phenoxy) is 1. The van der Waals surface area contributed by atoms with Gasteiger partial charge < -0.3 is 10.1 Å². The van der Waals surface area contributed by atoms with Crippen molar-refractivity contribution in [1.82, 2.24) is 30.5 Å². The van der Waals surface area contributed by atoms with Crippen LogP contribution < -0.4 is 5.32 Å². The van der Waals surface area contributed by atoms with Crippen molar-refractivity contribution in [2.24, 2.45) is 11.0 Å². The van der Waals surface area contributed by atoms with Crippen LogP contribution in [-0.2, 0) is 25.7 Å². The third-order valence-electron chi connectivity index (χ3n) is 5.55. The number of hydrogen-bond donors (Lipinski definition) is 1. The highest BCUT2D eigenvalue weighted by Crippen LogP contribution is 2.26. The summed E-state index contributed by atoms with van der Waals surface area (Å²) in [6, 6.07) is 9.08. The highest BCUT2D eigenvalue weighted by Gasteiger charge is 2.39. The Hall–Kier alpha value is -4.19. The Balaban J connectivity index is 1.51. The number of benzene rings is 2. The predicted octanol–water partition coefficient (Wildman–Crippen LogP) is 2.60. The fourth-order valence-corrected chi connectivity index (χ4v) is 3.80. The Labute approximate surface area is 216 Å². The molecule has 2 aromatic carbocycles. The van der Waals surface area contributed by atoms with Crippen LogP contribution in [0.25, 0.3) is 5.69 Å². The number of nitrogens with one attached hydrogen (secondary N) is 1. The van der Waals surface area contributed by atoms with Crippen LogP contribution in [-0.4, -0.2) is 55.3 Å². The van der Waals surface area contributed by atoms with Gasteiger partial charge in [-0.2, -0.15) is 5.10 Å². The molecular weight excluding hydrogens is 505 g/mol. The second-order valence-corrected chi connectivity index (χ2v) is 8.94. The van der Waals surface area contributed by atoms with Gasteiger partial charge in [0, 0.05) is 29.8 Å². The minimum Gasteiger partial charge on any atom is -0.447 e. The third kappa shape index (κ3) is 5.97. The number of rotatable bonds is 8. The lowest BCUT2D eigenvalue weighted by Gasteiger charge is -2.26. The second-order valence-electron chi connectivity index (χ2n) is 8.50. The van der Waals surface area contributed by atoms with Gasteiger partial charge in [-0.05, 0) is 46.3 Å². The standard InChI is InChI=1S/C24H23ClFN7O4/c1-14(2)24(36)37-21(15-3-6-18(26)7-4-15)23(35)33-20(9-10-29-33)22(34)27-12-16-11-17(25)5-8-19(16)32-13-28-30-31-32/h3-8,10-11,13-14,20-21H,9,12H2,1-2H3,(H,27,34)/t20-,21+/m0/s1. The van der Waals surface area contributed by atoms with Gasteiger partial charge in [0.1, 0.15) is 18.2 Å². The zero-order valence-electron chi connectivity index (χ0n) is 19.9. The number of hydrogen-bond acceptors (Lipinski definition) is 8. The molecule has 2 atom stereocenters. The van der Waals surface area contributed by atoms with Crippen molar-refractivity contribution in [2.75, 3.05) is 0 Å². The summed E-state index contributed by atoms with van der Waals surface area (Å²) in [6.07, 6.45) is 1.59. The van der Waals surface area contributed by atoms with Gasteiger partial charge in [-0.3, -0.25) is 14.4 Å². The first kappa shape index (κ1) is 25.9. The molecule has 1 aliphatic rings. The van der Waals surface area contributed by atoms with Crippen molar-refractivity contribution in [3.63, 3.8) is 0 Å². The van der Waals surface area contributed by atoms with Crippen LogP contribution in [0.15, 0.2) is 53.9 Å². The number of carbonyl (C=O) groups is 3. The molecule has 0 saturated heterocycles. The molecule has 1 N–H and O–H groups in total. The molecule has 11 nitrogen and oxygen atoms in total. The number of esters is 1. The first-order valence-corrected chi connectivity index (χ1v) is 11.7. The van der Waals surface area contributed by atoms with Crippen molar-refractivity contribution < 1.29 is 23.5 Å². The Morgan fingerprint density at radius 2 is 1.95 bits per heavy atom. The molecule has 2 amide bonds. The van der Waals surface area contributed by atoms with E-state index in [2.05, 4.69) is 25.9 Å². The Bertz CT molecular complexity index is 1320. The molecule has 2 heterocycles. The number of tetrazole rings is 1. The molecule has 1 aliphatic heterocycles. The first-order chi connectivity index (χ1) is 17.7. The van der Waals surface area contributed by atoms with E-state index >= 15 is 0 Å². The van der Waals surface area contributed by atoms with Gasteiger partial charge in [0.15, 0.2) is 0 Å². The smallest absolute Gasteiger partial charge is 0.309 e. The summed E-state index contributed by atoms with van der Waals surface area (Å²) in [4.78, 5) is 38.9. The summed E-state index contributed by atoms with van der Waals surface area (Å²) in [6.45, 7) is 3.31. The summed E-state index contributed by atoms with van der Waals surface area (Å²) in [5.74, 6) is -2.86. The summed E-state index contributed by atoms with van der Waals surface area (Å²) in [5.41, 5.74) is 1.51. The lowest BCUT2D eigenvalue weighted by molar-refractivity contribution is -0.164. The number of amides is 2. The van der Waals surface area contributed by atoms with E-state index < -0.39 is 41.7 Å². The zero-order valence-corrected chi connectivity index (χ0v) is 20.7. The highest BCUT2D eigenvalue weighted by molar-refractivity contribution is 6.30. The van der Waals surface area contributed by atoms with Crippen LogP contribution >= 0.6 is 11.6 Å². The molecule has 0 unspecified atom stereocenters. The predicted molar refractivity (Wildman–Crippen MR) is 130 cm³/mol. The van der Waals surface area contributed by atoms with Crippen LogP contribution in [0, 0.1) is 11.7 Å². The van der Waals surface area contributed by atoms with E-state index in [-0.39, 0.29) is 18.5 Å². The van der Waals surface area contributed by atoms with Gasteiger partial charge in [-0.15, -0.1) is 5.10 Å². The molecule has 0 aliphatic carbocycles. The fourth-order valence-electron chi connectivity index (χ4n) is 3.61. The van der Waals surface area contributed by atoms with Crippen LogP contribution in [0.4, 0.5) is 4.39 Å². The molecule has 0 fully saturated rings. The van der Waals surface area contributed by atoms with E-state index in [0.29, 0.717) is 16.3 Å². The molecule has 0 bridgehead atoms. The maximum absolute atomic E-state index is 13.5. The Morgan fingerprint density at radius 1 is 1.19 bits per heavy atom. The Kier molecular flexibility index (Phi) is 7.87. The van der Waals surface area contributed by atoms with Crippen LogP contribution in [0.1, 0.15) is 37.5 Å². The summed E-state index contributed by atoms with van der Waals surface area (Å²) in [7, 11) is 0. The van der Waals surface area contributed by atoms with E-state index in [1.807, 2.05) is 0 Å². The molecule has 0 spiro atoms. The molecule has 1 aromatic heterocycles. The van der Waals surface area contributed by atoms with Crippen LogP contribution in [0.3, 0.4) is 0 Å². The Morgan fingerprint density at radius 3 is 2.62 bits per heavy atom. The minimum absolute atomic E-state index is 0.0663. The van der Waals surface area contributed by atoms with Gasteiger partial charge in [0.2, 0.25) is 12.0 Å². The molecule has 192 valence electrons. The molecular formula is C24H23ClFN7O4. The number of aromatic nitrogens is 4. The van der Waals surface area contributed by atoms with E-state index in [9.17, 15) is 18.8 Å². The largest absolute Gasteiger partial charge is 0.447 e. The van der Waals surface area contributed by atoms with Crippen LogP contribution in [0.5, 0.6) is 0 Å². The molecule has 3 aromatic rings. The van der Waals surface area contributed by atoms with Crippen molar-refractivity contribution in [1.29, 1.82) is 0 Å². The SMILES string of the molecule is CC(C)C(=O)O[C@@H](C(=O)N1N=CC[C@H]1C(=O)NCc1cc(Cl)ccc1-n1cnnn1)c1ccc(F)cc1. The highest BCUT2D eigenvalue weighted by atomic mass is 35.5. The van der Waals surface area contributed by atoms with Crippen molar-refractivity contribution in [3.05, 3.63) is 70.8 Å². The lowest BCUT2D eigenvalue weighted by atomic mass is 10.1.